The number of carbonyl (C=O) groups is 1. The van der Waals surface area contributed by atoms with Gasteiger partial charge in [0, 0.05) is 22.7 Å². The van der Waals surface area contributed by atoms with E-state index in [0.717, 1.165) is 0 Å². The number of nitrogens with zero attached hydrogens (tertiary/aromatic N) is 4. The van der Waals surface area contributed by atoms with Crippen LogP contribution >= 0.6 is 23.2 Å². The second kappa shape index (κ2) is 19.2. The van der Waals surface area contributed by atoms with Crippen LogP contribution in [0.15, 0.2) is 132 Å². The molecule has 0 fully saturated rings. The number of nitrogens with one attached hydrogen (secondary N) is 7. The molecule has 0 saturated heterocycles. The van der Waals surface area contributed by atoms with Crippen LogP contribution in [0.2, 0.25) is 10.0 Å². The molecule has 1 amide bonds. The molecule has 6 aromatic rings. The molecule has 0 bridgehead atoms. The Hall–Kier alpha value is -6.35. The van der Waals surface area contributed by atoms with Crippen LogP contribution in [0.1, 0.15) is 0 Å². The van der Waals surface area contributed by atoms with Gasteiger partial charge in [0.25, 0.3) is 0 Å². The first-order chi connectivity index (χ1) is 27.7. The van der Waals surface area contributed by atoms with Gasteiger partial charge in [0.2, 0.25) is 37.9 Å². The fraction of sp³-hybridized carbons (Fsp3) is 0.0541. The maximum atomic E-state index is 12.3. The molecule has 0 aliphatic rings. The molecule has 0 saturated carbocycles. The highest BCUT2D eigenvalue weighted by atomic mass is 35.5. The third kappa shape index (κ3) is 11.4. The number of hydrogen-bond donors (Lipinski definition) is 8. The quantitative estimate of drug-likeness (QED) is 0.0417. The zero-order chi connectivity index (χ0) is 41.9. The van der Waals surface area contributed by atoms with Crippen molar-refractivity contribution in [3.8, 4) is 0 Å². The molecular weight excluding hydrogens is 828 g/mol. The summed E-state index contributed by atoms with van der Waals surface area (Å²) in [5.74, 6) is 0.641. The molecule has 9 N–H and O–H groups in total. The summed E-state index contributed by atoms with van der Waals surface area (Å²) in [6.45, 7) is 3.42. The average molecular weight is 864 g/mol. The topological polar surface area (TPSA) is 247 Å². The molecule has 0 unspecified atom stereocenters. The standard InChI is InChI=1S/C20H19ClN6O3S.C17H17ClN6O2S/c1-3-18(28)24-13-7-6-8-14(11-13)25-20-23-12-15(21)19(27-20)26-16-9-4-5-10-17(16)31(29,30)22-2;1-20-27(25,26)15-8-3-2-7-14(15)23-16-13(18)10-21-17(24-16)22-12-6-4-5-11(19)9-12/h3-12,22H,1H2,2H3,(H,24,28)(H2,23,25,26,27);2-10,20H,19H2,1H3,(H2,21,22,23,24). The van der Waals surface area contributed by atoms with Gasteiger partial charge in [0.1, 0.15) is 19.8 Å². The van der Waals surface area contributed by atoms with Crippen LogP contribution in [0.5, 0.6) is 0 Å². The molecule has 2 heterocycles. The molecule has 4 aromatic carbocycles. The SMILES string of the molecule is C=CC(=O)Nc1cccc(Nc2ncc(Cl)c(Nc3ccccc3S(=O)(=O)NC)n2)c1.CNS(=O)(=O)c1ccccc1Nc1nc(Nc2cccc(N)c2)ncc1Cl. The smallest absolute Gasteiger partial charge is 0.247 e. The first-order valence-electron chi connectivity index (χ1n) is 16.8. The van der Waals surface area contributed by atoms with Crippen LogP contribution in [0, 0.1) is 0 Å². The minimum atomic E-state index is -3.69. The lowest BCUT2D eigenvalue weighted by Crippen LogP contribution is -2.19. The summed E-state index contributed by atoms with van der Waals surface area (Å²) in [7, 11) is -4.67. The van der Waals surface area contributed by atoms with E-state index in [-0.39, 0.29) is 49.3 Å². The molecule has 0 aliphatic heterocycles. The lowest BCUT2D eigenvalue weighted by molar-refractivity contribution is -0.111. The predicted octanol–water partition coefficient (Wildman–Crippen LogP) is 6.76. The highest BCUT2D eigenvalue weighted by molar-refractivity contribution is 7.90. The molecule has 300 valence electrons. The van der Waals surface area contributed by atoms with Gasteiger partial charge in [0.15, 0.2) is 11.6 Å². The van der Waals surface area contributed by atoms with E-state index in [0.29, 0.717) is 34.1 Å². The fourth-order valence-electron chi connectivity index (χ4n) is 4.86. The number of para-hydroxylation sites is 2. The maximum Gasteiger partial charge on any atom is 0.247 e. The molecule has 6 rings (SSSR count). The van der Waals surface area contributed by atoms with E-state index in [4.69, 9.17) is 28.9 Å². The van der Waals surface area contributed by atoms with Crippen LogP contribution < -0.4 is 41.8 Å². The van der Waals surface area contributed by atoms with Gasteiger partial charge in [-0.15, -0.1) is 0 Å². The third-order valence-electron chi connectivity index (χ3n) is 7.60. The molecule has 0 spiro atoms. The van der Waals surface area contributed by atoms with Crippen LogP contribution in [0.4, 0.5) is 57.7 Å². The molecule has 0 aliphatic carbocycles. The van der Waals surface area contributed by atoms with Crippen molar-refractivity contribution in [1.82, 2.24) is 29.4 Å². The van der Waals surface area contributed by atoms with Gasteiger partial charge in [-0.1, -0.05) is 66.2 Å². The maximum absolute atomic E-state index is 12.3. The van der Waals surface area contributed by atoms with Gasteiger partial charge in [-0.3, -0.25) is 4.79 Å². The minimum absolute atomic E-state index is 0.0485. The summed E-state index contributed by atoms with van der Waals surface area (Å²) in [6, 6.07) is 26.8. The van der Waals surface area contributed by atoms with Crippen LogP contribution in [-0.4, -0.2) is 56.8 Å². The van der Waals surface area contributed by atoms with E-state index in [1.54, 1.807) is 78.9 Å². The van der Waals surface area contributed by atoms with Crippen LogP contribution in [0.25, 0.3) is 0 Å². The first-order valence-corrected chi connectivity index (χ1v) is 20.5. The van der Waals surface area contributed by atoms with E-state index < -0.39 is 20.0 Å². The largest absolute Gasteiger partial charge is 0.399 e. The first kappa shape index (κ1) is 42.8. The van der Waals surface area contributed by atoms with Crippen molar-refractivity contribution in [2.75, 3.05) is 46.4 Å². The van der Waals surface area contributed by atoms with E-state index >= 15 is 0 Å². The summed E-state index contributed by atoms with van der Waals surface area (Å²) in [5, 5.41) is 15.0. The molecule has 0 radical (unpaired) electrons. The Morgan fingerprint density at radius 2 is 1.09 bits per heavy atom. The van der Waals surface area contributed by atoms with Gasteiger partial charge in [-0.25, -0.2) is 36.2 Å². The number of nitrogen functional groups attached to an aromatic ring is 1. The predicted molar refractivity (Wildman–Crippen MR) is 229 cm³/mol. The van der Waals surface area contributed by atoms with E-state index in [1.807, 2.05) is 6.07 Å². The molecule has 58 heavy (non-hydrogen) atoms. The van der Waals surface area contributed by atoms with E-state index in [1.165, 1.54) is 44.7 Å². The van der Waals surface area contributed by atoms with Gasteiger partial charge < -0.3 is 32.3 Å². The second-order valence-electron chi connectivity index (χ2n) is 11.6. The van der Waals surface area contributed by atoms with Crippen molar-refractivity contribution in [3.63, 3.8) is 0 Å². The molecule has 2 aromatic heterocycles. The Kier molecular flexibility index (Phi) is 14.2. The van der Waals surface area contributed by atoms with Crippen molar-refractivity contribution < 1.29 is 21.6 Å². The van der Waals surface area contributed by atoms with Crippen molar-refractivity contribution in [2.45, 2.75) is 9.79 Å². The highest BCUT2D eigenvalue weighted by Gasteiger charge is 2.19. The third-order valence-corrected chi connectivity index (χ3v) is 11.1. The van der Waals surface area contributed by atoms with Crippen LogP contribution in [-0.2, 0) is 24.8 Å². The molecule has 17 nitrogen and oxygen atoms in total. The van der Waals surface area contributed by atoms with Crippen LogP contribution in [0.3, 0.4) is 0 Å². The van der Waals surface area contributed by atoms with Gasteiger partial charge in [-0.2, -0.15) is 9.97 Å². The van der Waals surface area contributed by atoms with E-state index in [2.05, 4.69) is 62.5 Å². The number of rotatable bonds is 14. The normalized spacial score (nSPS) is 11.0. The Labute approximate surface area is 344 Å². The second-order valence-corrected chi connectivity index (χ2v) is 16.1. The average Bonchev–Trinajstić information content (AvgIpc) is 3.21. The molecule has 21 heteroatoms. The zero-order valence-corrected chi connectivity index (χ0v) is 33.8. The summed E-state index contributed by atoms with van der Waals surface area (Å²) in [6.07, 6.45) is 3.98. The summed E-state index contributed by atoms with van der Waals surface area (Å²) in [5.41, 5.74) is 8.89. The Morgan fingerprint density at radius 1 is 0.638 bits per heavy atom. The van der Waals surface area contributed by atoms with Gasteiger partial charge in [0.05, 0.1) is 23.8 Å². The van der Waals surface area contributed by atoms with Crippen molar-refractivity contribution >= 4 is 107 Å². The number of carbonyl (C=O) groups excluding carboxylic acids is 1. The number of aromatic nitrogens is 4. The Balaban J connectivity index is 0.000000223. The number of benzene rings is 4. The summed E-state index contributed by atoms with van der Waals surface area (Å²) >= 11 is 12.4. The summed E-state index contributed by atoms with van der Waals surface area (Å²) < 4.78 is 53.5. The monoisotopic (exact) mass is 862 g/mol. The lowest BCUT2D eigenvalue weighted by atomic mass is 10.2. The fourth-order valence-corrected chi connectivity index (χ4v) is 6.91. The minimum Gasteiger partial charge on any atom is -0.399 e. The number of halogens is 2. The van der Waals surface area contributed by atoms with Crippen molar-refractivity contribution in [2.24, 2.45) is 0 Å². The van der Waals surface area contributed by atoms with E-state index in [9.17, 15) is 21.6 Å². The van der Waals surface area contributed by atoms with Gasteiger partial charge >= 0.3 is 0 Å². The zero-order valence-electron chi connectivity index (χ0n) is 30.7. The van der Waals surface area contributed by atoms with Gasteiger partial charge in [-0.05, 0) is 80.8 Å². The lowest BCUT2D eigenvalue weighted by Gasteiger charge is -2.13. The number of hydrogen-bond acceptors (Lipinski definition) is 14. The number of amides is 1. The number of anilines is 10. The number of nitrogens with two attached hydrogens (primary N) is 1. The summed E-state index contributed by atoms with van der Waals surface area (Å²) in [4.78, 5) is 28.5. The highest BCUT2D eigenvalue weighted by Crippen LogP contribution is 2.30. The Morgan fingerprint density at radius 3 is 1.55 bits per heavy atom. The molecular formula is C37H36Cl2N12O5S2. The molecule has 0 atom stereocenters. The van der Waals surface area contributed by atoms with Crippen molar-refractivity contribution in [1.29, 1.82) is 0 Å². The number of sulfonamides is 2. The Bertz CT molecular complexity index is 2670. The van der Waals surface area contributed by atoms with Crippen molar-refractivity contribution in [3.05, 3.63) is 132 Å².